The molecule has 1 aliphatic heterocycles. The molecule has 0 saturated carbocycles. The second kappa shape index (κ2) is 5.99. The van der Waals surface area contributed by atoms with Gasteiger partial charge in [-0.3, -0.25) is 0 Å². The Hall–Kier alpha value is -3.13. The molecule has 4 aromatic heterocycles. The van der Waals surface area contributed by atoms with Crippen LogP contribution in [-0.4, -0.2) is 52.9 Å². The fourth-order valence-electron chi connectivity index (χ4n) is 3.34. The monoisotopic (exact) mass is 350 g/mol. The highest BCUT2D eigenvalue weighted by Crippen LogP contribution is 2.33. The van der Waals surface area contributed by atoms with Gasteiger partial charge in [-0.15, -0.1) is 5.10 Å². The SMILES string of the molecule is COc1ccc2ncc(-c3cc4c(N5CCNCC5)nccc4o3)n2n1. The maximum absolute atomic E-state index is 6.10. The summed E-state index contributed by atoms with van der Waals surface area (Å²) < 4.78 is 13.1. The number of hydrogen-bond acceptors (Lipinski definition) is 7. The van der Waals surface area contributed by atoms with E-state index in [-0.39, 0.29) is 0 Å². The van der Waals surface area contributed by atoms with Crippen LogP contribution < -0.4 is 15.0 Å². The van der Waals surface area contributed by atoms with Crippen LogP contribution in [-0.2, 0) is 0 Å². The highest BCUT2D eigenvalue weighted by Gasteiger charge is 2.19. The molecule has 26 heavy (non-hydrogen) atoms. The van der Waals surface area contributed by atoms with Crippen LogP contribution in [0.25, 0.3) is 28.1 Å². The molecule has 0 unspecified atom stereocenters. The van der Waals surface area contributed by atoms with E-state index in [0.717, 1.165) is 54.3 Å². The summed E-state index contributed by atoms with van der Waals surface area (Å²) in [6.07, 6.45) is 3.56. The molecule has 0 aliphatic carbocycles. The molecule has 4 aromatic rings. The van der Waals surface area contributed by atoms with Crippen molar-refractivity contribution in [2.24, 2.45) is 0 Å². The van der Waals surface area contributed by atoms with Crippen molar-refractivity contribution in [2.75, 3.05) is 38.2 Å². The molecule has 1 aliphatic rings. The number of hydrogen-bond donors (Lipinski definition) is 1. The molecule has 0 amide bonds. The van der Waals surface area contributed by atoms with Gasteiger partial charge in [0.25, 0.3) is 0 Å². The molecular weight excluding hydrogens is 332 g/mol. The molecule has 0 aromatic carbocycles. The normalized spacial score (nSPS) is 15.0. The standard InChI is InChI=1S/C18H18N6O2/c1-25-17-3-2-16-21-11-13(24(16)22-17)15-10-12-14(26-15)4-5-20-18(12)23-8-6-19-7-9-23/h2-5,10-11,19H,6-9H2,1H3. The third kappa shape index (κ3) is 2.38. The van der Waals surface area contributed by atoms with Gasteiger partial charge in [0.2, 0.25) is 5.88 Å². The van der Waals surface area contributed by atoms with Gasteiger partial charge in [0.15, 0.2) is 11.4 Å². The maximum atomic E-state index is 6.10. The van der Waals surface area contributed by atoms with Gasteiger partial charge in [-0.2, -0.15) is 0 Å². The molecule has 5 heterocycles. The van der Waals surface area contributed by atoms with Gasteiger partial charge < -0.3 is 19.4 Å². The number of furan rings is 1. The highest BCUT2D eigenvalue weighted by atomic mass is 16.5. The van der Waals surface area contributed by atoms with Crippen molar-refractivity contribution in [1.82, 2.24) is 24.9 Å². The van der Waals surface area contributed by atoms with Gasteiger partial charge in [0.05, 0.1) is 18.7 Å². The molecule has 8 heteroatoms. The average molecular weight is 350 g/mol. The molecule has 0 spiro atoms. The highest BCUT2D eigenvalue weighted by molar-refractivity contribution is 5.92. The second-order valence-corrected chi connectivity index (χ2v) is 6.18. The molecule has 1 saturated heterocycles. The van der Waals surface area contributed by atoms with Gasteiger partial charge in [0, 0.05) is 38.4 Å². The van der Waals surface area contributed by atoms with E-state index in [2.05, 4.69) is 25.3 Å². The smallest absolute Gasteiger partial charge is 0.231 e. The predicted molar refractivity (Wildman–Crippen MR) is 97.6 cm³/mol. The molecule has 0 atom stereocenters. The van der Waals surface area contributed by atoms with Crippen LogP contribution in [0, 0.1) is 0 Å². The number of aromatic nitrogens is 4. The zero-order valence-corrected chi connectivity index (χ0v) is 14.3. The Labute approximate surface area is 149 Å². The van der Waals surface area contributed by atoms with Crippen LogP contribution >= 0.6 is 0 Å². The fraction of sp³-hybridized carbons (Fsp3) is 0.278. The number of nitrogens with zero attached hydrogens (tertiary/aromatic N) is 5. The van der Waals surface area contributed by atoms with Crippen molar-refractivity contribution >= 4 is 22.4 Å². The van der Waals surface area contributed by atoms with Crippen LogP contribution in [0.3, 0.4) is 0 Å². The average Bonchev–Trinajstić information content (AvgIpc) is 3.31. The summed E-state index contributed by atoms with van der Waals surface area (Å²) in [6, 6.07) is 7.56. The Kier molecular flexibility index (Phi) is 3.49. The minimum atomic E-state index is 0.524. The summed E-state index contributed by atoms with van der Waals surface area (Å²) in [5.41, 5.74) is 2.32. The summed E-state index contributed by atoms with van der Waals surface area (Å²) in [6.45, 7) is 3.78. The second-order valence-electron chi connectivity index (χ2n) is 6.18. The molecule has 132 valence electrons. The Morgan fingerprint density at radius 3 is 2.88 bits per heavy atom. The van der Waals surface area contributed by atoms with Crippen molar-refractivity contribution in [3.05, 3.63) is 36.7 Å². The van der Waals surface area contributed by atoms with Gasteiger partial charge in [0.1, 0.15) is 17.1 Å². The molecule has 0 radical (unpaired) electrons. The van der Waals surface area contributed by atoms with Crippen molar-refractivity contribution in [3.8, 4) is 17.3 Å². The minimum Gasteiger partial charge on any atom is -0.480 e. The van der Waals surface area contributed by atoms with E-state index < -0.39 is 0 Å². The Morgan fingerprint density at radius 2 is 2.04 bits per heavy atom. The van der Waals surface area contributed by atoms with Crippen LogP contribution in [0.5, 0.6) is 5.88 Å². The lowest BCUT2D eigenvalue weighted by molar-refractivity contribution is 0.390. The number of fused-ring (bicyclic) bond motifs is 2. The number of pyridine rings is 1. The van der Waals surface area contributed by atoms with Crippen molar-refractivity contribution in [2.45, 2.75) is 0 Å². The summed E-state index contributed by atoms with van der Waals surface area (Å²) in [7, 11) is 1.59. The summed E-state index contributed by atoms with van der Waals surface area (Å²) in [4.78, 5) is 11.3. The Bertz CT molecular complexity index is 1080. The Morgan fingerprint density at radius 1 is 1.15 bits per heavy atom. The summed E-state index contributed by atoms with van der Waals surface area (Å²) in [5, 5.41) is 8.82. The lowest BCUT2D eigenvalue weighted by atomic mass is 10.2. The number of methoxy groups -OCH3 is 1. The third-order valence-electron chi connectivity index (χ3n) is 4.64. The fourth-order valence-corrected chi connectivity index (χ4v) is 3.34. The van der Waals surface area contributed by atoms with E-state index in [1.165, 1.54) is 0 Å². The number of imidazole rings is 1. The predicted octanol–water partition coefficient (Wildman–Crippen LogP) is 1.96. The van der Waals surface area contributed by atoms with Crippen LogP contribution in [0.1, 0.15) is 0 Å². The van der Waals surface area contributed by atoms with E-state index in [9.17, 15) is 0 Å². The van der Waals surface area contributed by atoms with Crippen molar-refractivity contribution in [1.29, 1.82) is 0 Å². The van der Waals surface area contributed by atoms with Gasteiger partial charge in [-0.25, -0.2) is 14.5 Å². The quantitative estimate of drug-likeness (QED) is 0.605. The number of piperazine rings is 1. The molecule has 5 rings (SSSR count). The van der Waals surface area contributed by atoms with E-state index in [1.807, 2.05) is 18.2 Å². The van der Waals surface area contributed by atoms with Crippen LogP contribution in [0.15, 0.2) is 41.1 Å². The number of ether oxygens (including phenoxy) is 1. The largest absolute Gasteiger partial charge is 0.480 e. The van der Waals surface area contributed by atoms with Crippen molar-refractivity contribution < 1.29 is 9.15 Å². The zero-order chi connectivity index (χ0) is 17.5. The summed E-state index contributed by atoms with van der Waals surface area (Å²) in [5.74, 6) is 2.19. The van der Waals surface area contributed by atoms with Gasteiger partial charge in [-0.05, 0) is 18.2 Å². The molecule has 0 bridgehead atoms. The Balaban J connectivity index is 1.64. The first kappa shape index (κ1) is 15.2. The number of rotatable bonds is 3. The molecule has 1 N–H and O–H groups in total. The van der Waals surface area contributed by atoms with E-state index in [0.29, 0.717) is 11.6 Å². The van der Waals surface area contributed by atoms with Crippen LogP contribution in [0.4, 0.5) is 5.82 Å². The summed E-state index contributed by atoms with van der Waals surface area (Å²) >= 11 is 0. The lowest BCUT2D eigenvalue weighted by Gasteiger charge is -2.28. The third-order valence-corrected chi connectivity index (χ3v) is 4.64. The van der Waals surface area contributed by atoms with Gasteiger partial charge >= 0.3 is 0 Å². The first-order valence-electron chi connectivity index (χ1n) is 8.57. The van der Waals surface area contributed by atoms with E-state index in [4.69, 9.17) is 9.15 Å². The molecule has 1 fully saturated rings. The maximum Gasteiger partial charge on any atom is 0.231 e. The van der Waals surface area contributed by atoms with Crippen molar-refractivity contribution in [3.63, 3.8) is 0 Å². The molecular formula is C18H18N6O2. The first-order valence-corrected chi connectivity index (χ1v) is 8.57. The molecule has 8 nitrogen and oxygen atoms in total. The van der Waals surface area contributed by atoms with Crippen LogP contribution in [0.2, 0.25) is 0 Å². The first-order chi connectivity index (χ1) is 12.8. The topological polar surface area (TPSA) is 80.7 Å². The minimum absolute atomic E-state index is 0.524. The van der Waals surface area contributed by atoms with E-state index in [1.54, 1.807) is 30.1 Å². The zero-order valence-electron chi connectivity index (χ0n) is 14.3. The lowest BCUT2D eigenvalue weighted by Crippen LogP contribution is -2.43. The van der Waals surface area contributed by atoms with E-state index >= 15 is 0 Å². The number of anilines is 1. The number of nitrogens with one attached hydrogen (secondary N) is 1. The van der Waals surface area contributed by atoms with Gasteiger partial charge in [-0.1, -0.05) is 0 Å².